The van der Waals surface area contributed by atoms with Crippen LogP contribution in [0.4, 0.5) is 10.1 Å². The Morgan fingerprint density at radius 1 is 1.22 bits per heavy atom. The van der Waals surface area contributed by atoms with E-state index in [1.54, 1.807) is 18.2 Å². The van der Waals surface area contributed by atoms with Gasteiger partial charge < -0.3 is 10.5 Å². The fourth-order valence-electron chi connectivity index (χ4n) is 1.43. The highest BCUT2D eigenvalue weighted by Gasteiger charge is 2.10. The molecule has 0 amide bonds. The van der Waals surface area contributed by atoms with Crippen molar-refractivity contribution in [1.82, 2.24) is 0 Å². The number of nitrogens with two attached hydrogens (primary N) is 1. The molecule has 0 aliphatic rings. The quantitative estimate of drug-likeness (QED) is 0.858. The highest BCUT2D eigenvalue weighted by molar-refractivity contribution is 9.10. The van der Waals surface area contributed by atoms with Crippen LogP contribution >= 0.6 is 15.9 Å². The molecule has 18 heavy (non-hydrogen) atoms. The zero-order chi connectivity index (χ0) is 13.1. The second-order valence-corrected chi connectivity index (χ2v) is 4.36. The molecule has 2 aromatic carbocycles. The molecule has 0 fully saturated rings. The lowest BCUT2D eigenvalue weighted by Crippen LogP contribution is -1.95. The number of benzene rings is 2. The summed E-state index contributed by atoms with van der Waals surface area (Å²) in [5.74, 6) is 0.241. The first-order chi connectivity index (χ1) is 8.61. The SMILES string of the molecule is N#Cc1c(Br)cccc1Oc1ccc(F)cc1N. The maximum Gasteiger partial charge on any atom is 0.150 e. The summed E-state index contributed by atoms with van der Waals surface area (Å²) in [5.41, 5.74) is 6.18. The Balaban J connectivity index is 2.41. The van der Waals surface area contributed by atoms with Gasteiger partial charge in [-0.2, -0.15) is 5.26 Å². The molecule has 0 heterocycles. The molecule has 0 spiro atoms. The van der Waals surface area contributed by atoms with E-state index in [0.717, 1.165) is 0 Å². The van der Waals surface area contributed by atoms with Crippen molar-refractivity contribution < 1.29 is 9.13 Å². The predicted octanol–water partition coefficient (Wildman–Crippen LogP) is 3.83. The number of hydrogen-bond donors (Lipinski definition) is 1. The number of nitrogens with zero attached hydrogens (tertiary/aromatic N) is 1. The molecule has 2 aromatic rings. The lowest BCUT2D eigenvalue weighted by molar-refractivity contribution is 0.481. The van der Waals surface area contributed by atoms with Gasteiger partial charge in [0.25, 0.3) is 0 Å². The largest absolute Gasteiger partial charge is 0.454 e. The van der Waals surface area contributed by atoms with E-state index >= 15 is 0 Å². The van der Waals surface area contributed by atoms with Gasteiger partial charge in [-0.05, 0) is 40.2 Å². The molecule has 90 valence electrons. The summed E-state index contributed by atoms with van der Waals surface area (Å²) in [6.45, 7) is 0. The van der Waals surface area contributed by atoms with Crippen LogP contribution in [0.5, 0.6) is 11.5 Å². The van der Waals surface area contributed by atoms with E-state index in [9.17, 15) is 4.39 Å². The van der Waals surface area contributed by atoms with Gasteiger partial charge in [-0.15, -0.1) is 0 Å². The molecule has 0 radical (unpaired) electrons. The fraction of sp³-hybridized carbons (Fsp3) is 0. The highest BCUT2D eigenvalue weighted by Crippen LogP contribution is 2.32. The smallest absolute Gasteiger partial charge is 0.150 e. The first-order valence-electron chi connectivity index (χ1n) is 5.03. The van der Waals surface area contributed by atoms with Crippen molar-refractivity contribution in [3.8, 4) is 17.6 Å². The van der Waals surface area contributed by atoms with Crippen LogP contribution in [0.2, 0.25) is 0 Å². The molecule has 0 saturated carbocycles. The fourth-order valence-corrected chi connectivity index (χ4v) is 1.87. The van der Waals surface area contributed by atoms with Crippen molar-refractivity contribution in [1.29, 1.82) is 5.26 Å². The lowest BCUT2D eigenvalue weighted by Gasteiger charge is -2.10. The average Bonchev–Trinajstić information content (AvgIpc) is 2.33. The van der Waals surface area contributed by atoms with Crippen LogP contribution in [0.15, 0.2) is 40.9 Å². The van der Waals surface area contributed by atoms with Gasteiger partial charge in [0.15, 0.2) is 5.75 Å². The lowest BCUT2D eigenvalue weighted by atomic mass is 10.2. The number of nitrogen functional groups attached to an aromatic ring is 1. The Morgan fingerprint density at radius 3 is 2.67 bits per heavy atom. The maximum absolute atomic E-state index is 12.9. The van der Waals surface area contributed by atoms with Gasteiger partial charge in [-0.3, -0.25) is 0 Å². The molecule has 3 nitrogen and oxygen atoms in total. The van der Waals surface area contributed by atoms with Gasteiger partial charge >= 0.3 is 0 Å². The molecule has 5 heteroatoms. The van der Waals surface area contributed by atoms with Crippen molar-refractivity contribution in [2.45, 2.75) is 0 Å². The predicted molar refractivity (Wildman–Crippen MR) is 69.7 cm³/mol. The molecule has 0 unspecified atom stereocenters. The topological polar surface area (TPSA) is 59.0 Å². The summed E-state index contributed by atoms with van der Waals surface area (Å²) in [4.78, 5) is 0. The van der Waals surface area contributed by atoms with Crippen molar-refractivity contribution in [2.24, 2.45) is 0 Å². The van der Waals surface area contributed by atoms with Crippen LogP contribution in [-0.2, 0) is 0 Å². The van der Waals surface area contributed by atoms with Gasteiger partial charge in [0.2, 0.25) is 0 Å². The van der Waals surface area contributed by atoms with E-state index in [2.05, 4.69) is 15.9 Å². The third-order valence-electron chi connectivity index (χ3n) is 2.28. The van der Waals surface area contributed by atoms with Crippen molar-refractivity contribution in [2.75, 3.05) is 5.73 Å². The van der Waals surface area contributed by atoms with E-state index < -0.39 is 5.82 Å². The second-order valence-electron chi connectivity index (χ2n) is 3.51. The molecule has 2 N–H and O–H groups in total. The Hall–Kier alpha value is -2.06. The number of rotatable bonds is 2. The van der Waals surface area contributed by atoms with Crippen LogP contribution in [-0.4, -0.2) is 0 Å². The first-order valence-corrected chi connectivity index (χ1v) is 5.82. The summed E-state index contributed by atoms with van der Waals surface area (Å²) >= 11 is 3.26. The van der Waals surface area contributed by atoms with E-state index in [4.69, 9.17) is 15.7 Å². The minimum absolute atomic E-state index is 0.180. The van der Waals surface area contributed by atoms with E-state index in [-0.39, 0.29) is 5.69 Å². The minimum Gasteiger partial charge on any atom is -0.454 e. The number of halogens is 2. The van der Waals surface area contributed by atoms with E-state index in [1.807, 2.05) is 6.07 Å². The average molecular weight is 307 g/mol. The molecule has 0 aliphatic heterocycles. The summed E-state index contributed by atoms with van der Waals surface area (Å²) in [6, 6.07) is 11.0. The zero-order valence-corrected chi connectivity index (χ0v) is 10.7. The number of anilines is 1. The Labute approximate surface area is 112 Å². The molecular weight excluding hydrogens is 299 g/mol. The highest BCUT2D eigenvalue weighted by atomic mass is 79.9. The Morgan fingerprint density at radius 2 is 2.00 bits per heavy atom. The third-order valence-corrected chi connectivity index (χ3v) is 2.94. The third kappa shape index (κ3) is 2.44. The zero-order valence-electron chi connectivity index (χ0n) is 9.15. The van der Waals surface area contributed by atoms with Gasteiger partial charge in [0.1, 0.15) is 23.2 Å². The summed E-state index contributed by atoms with van der Waals surface area (Å²) < 4.78 is 19.1. The number of hydrogen-bond acceptors (Lipinski definition) is 3. The van der Waals surface area contributed by atoms with Crippen LogP contribution in [0.25, 0.3) is 0 Å². The van der Waals surface area contributed by atoms with Crippen molar-refractivity contribution in [3.05, 3.63) is 52.3 Å². The second kappa shape index (κ2) is 5.07. The van der Waals surface area contributed by atoms with Crippen LogP contribution in [0.1, 0.15) is 5.56 Å². The standard InChI is InChI=1S/C13H8BrFN2O/c14-10-2-1-3-12(9(10)7-16)18-13-5-4-8(15)6-11(13)17/h1-6H,17H2. The van der Waals surface area contributed by atoms with Crippen LogP contribution in [0.3, 0.4) is 0 Å². The van der Waals surface area contributed by atoms with Gasteiger partial charge in [-0.1, -0.05) is 6.07 Å². The normalized spacial score (nSPS) is 9.83. The molecule has 0 atom stereocenters. The Bertz CT molecular complexity index is 637. The molecule has 0 aliphatic carbocycles. The van der Waals surface area contributed by atoms with Crippen molar-refractivity contribution in [3.63, 3.8) is 0 Å². The van der Waals surface area contributed by atoms with Crippen molar-refractivity contribution >= 4 is 21.6 Å². The van der Waals surface area contributed by atoms with Crippen LogP contribution in [0, 0.1) is 17.1 Å². The van der Waals surface area contributed by atoms with E-state index in [1.165, 1.54) is 18.2 Å². The van der Waals surface area contributed by atoms with Gasteiger partial charge in [0.05, 0.1) is 5.69 Å². The Kier molecular flexibility index (Phi) is 3.49. The minimum atomic E-state index is -0.436. The maximum atomic E-state index is 12.9. The van der Waals surface area contributed by atoms with Gasteiger partial charge in [-0.25, -0.2) is 4.39 Å². The molecule has 0 bridgehead atoms. The number of nitriles is 1. The monoisotopic (exact) mass is 306 g/mol. The summed E-state index contributed by atoms with van der Waals surface area (Å²) in [7, 11) is 0. The molecule has 0 aromatic heterocycles. The molecule has 2 rings (SSSR count). The summed E-state index contributed by atoms with van der Waals surface area (Å²) in [5, 5.41) is 9.04. The molecular formula is C13H8BrFN2O. The summed E-state index contributed by atoms with van der Waals surface area (Å²) in [6.07, 6.45) is 0. The van der Waals surface area contributed by atoms with Gasteiger partial charge in [0, 0.05) is 10.5 Å². The van der Waals surface area contributed by atoms with E-state index in [0.29, 0.717) is 21.5 Å². The molecule has 0 saturated heterocycles. The van der Waals surface area contributed by atoms with Crippen LogP contribution < -0.4 is 10.5 Å². The number of ether oxygens (including phenoxy) is 1. The first kappa shape index (κ1) is 12.4.